The zero-order chi connectivity index (χ0) is 15.4. The summed E-state index contributed by atoms with van der Waals surface area (Å²) in [6.45, 7) is 2.99. The molecule has 0 saturated heterocycles. The molecule has 0 atom stereocenters. The molecule has 0 spiro atoms. The van der Waals surface area contributed by atoms with Crippen molar-refractivity contribution < 1.29 is 9.13 Å². The highest BCUT2D eigenvalue weighted by molar-refractivity contribution is 9.11. The monoisotopic (exact) mass is 435 g/mol. The third-order valence-corrected chi connectivity index (χ3v) is 3.98. The molecule has 0 heterocycles. The van der Waals surface area contributed by atoms with Crippen LogP contribution >= 0.6 is 43.5 Å². The van der Waals surface area contributed by atoms with E-state index in [2.05, 4.69) is 37.2 Å². The Hall–Kier alpha value is -0.780. The first-order valence-corrected chi connectivity index (χ1v) is 8.26. The van der Waals surface area contributed by atoms with E-state index in [1.807, 2.05) is 19.1 Å². The lowest BCUT2D eigenvalue weighted by molar-refractivity contribution is 0.334. The zero-order valence-electron chi connectivity index (χ0n) is 11.2. The summed E-state index contributed by atoms with van der Waals surface area (Å²) < 4.78 is 20.8. The van der Waals surface area contributed by atoms with Crippen LogP contribution in [-0.2, 0) is 6.54 Å². The van der Waals surface area contributed by atoms with Gasteiger partial charge in [-0.05, 0) is 53.2 Å². The van der Waals surface area contributed by atoms with Crippen LogP contribution in [0.5, 0.6) is 5.75 Å². The number of ether oxygens (including phenoxy) is 1. The lowest BCUT2D eigenvalue weighted by atomic mass is 10.2. The fraction of sp³-hybridized carbons (Fsp3) is 0.200. The quantitative estimate of drug-likeness (QED) is 0.618. The molecule has 2 nitrogen and oxygen atoms in total. The summed E-state index contributed by atoms with van der Waals surface area (Å²) in [5.41, 5.74) is 1.58. The van der Waals surface area contributed by atoms with E-state index in [1.54, 1.807) is 6.07 Å². The maximum Gasteiger partial charge on any atom is 0.138 e. The molecule has 0 aliphatic carbocycles. The highest BCUT2D eigenvalue weighted by Crippen LogP contribution is 2.33. The molecule has 0 aliphatic rings. The van der Waals surface area contributed by atoms with E-state index in [1.165, 1.54) is 12.1 Å². The predicted molar refractivity (Wildman–Crippen MR) is 91.7 cm³/mol. The third-order valence-electron chi connectivity index (χ3n) is 2.72. The van der Waals surface area contributed by atoms with Crippen molar-refractivity contribution in [3.05, 3.63) is 55.7 Å². The van der Waals surface area contributed by atoms with Gasteiger partial charge >= 0.3 is 0 Å². The van der Waals surface area contributed by atoms with Crippen molar-refractivity contribution >= 4 is 49.1 Å². The topological polar surface area (TPSA) is 21.3 Å². The first-order chi connectivity index (χ1) is 9.99. The Morgan fingerprint density at radius 1 is 1.19 bits per heavy atom. The van der Waals surface area contributed by atoms with Crippen molar-refractivity contribution in [2.45, 2.75) is 13.5 Å². The summed E-state index contributed by atoms with van der Waals surface area (Å²) in [5.74, 6) is 0.404. The van der Waals surface area contributed by atoms with Crippen molar-refractivity contribution in [3.8, 4) is 5.75 Å². The summed E-state index contributed by atoms with van der Waals surface area (Å²) in [6, 6.07) is 8.24. The Bertz CT molecular complexity index is 632. The largest absolute Gasteiger partial charge is 0.492 e. The second-order valence-electron chi connectivity index (χ2n) is 4.32. The van der Waals surface area contributed by atoms with E-state index in [-0.39, 0.29) is 5.82 Å². The Kier molecular flexibility index (Phi) is 5.90. The van der Waals surface area contributed by atoms with Crippen LogP contribution in [-0.4, -0.2) is 6.61 Å². The minimum atomic E-state index is -0.370. The van der Waals surface area contributed by atoms with Crippen LogP contribution < -0.4 is 10.1 Å². The molecule has 1 N–H and O–H groups in total. The second kappa shape index (κ2) is 7.47. The van der Waals surface area contributed by atoms with Gasteiger partial charge in [-0.15, -0.1) is 0 Å². The van der Waals surface area contributed by atoms with E-state index >= 15 is 0 Å². The molecular weight excluding hydrogens is 424 g/mol. The molecule has 0 aliphatic heterocycles. The minimum Gasteiger partial charge on any atom is -0.492 e. The smallest absolute Gasteiger partial charge is 0.138 e. The average Bonchev–Trinajstić information content (AvgIpc) is 2.38. The van der Waals surface area contributed by atoms with Gasteiger partial charge in [0.15, 0.2) is 0 Å². The normalized spacial score (nSPS) is 10.5. The predicted octanol–water partition coefficient (Wildman–Crippen LogP) is 6.01. The molecule has 0 radical (unpaired) electrons. The first-order valence-electron chi connectivity index (χ1n) is 6.30. The van der Waals surface area contributed by atoms with Gasteiger partial charge in [0.1, 0.15) is 11.6 Å². The molecule has 0 bridgehead atoms. The molecule has 0 fully saturated rings. The molecule has 21 heavy (non-hydrogen) atoms. The van der Waals surface area contributed by atoms with Crippen molar-refractivity contribution in [3.63, 3.8) is 0 Å². The van der Waals surface area contributed by atoms with Gasteiger partial charge in [0.05, 0.1) is 11.1 Å². The fourth-order valence-corrected chi connectivity index (χ4v) is 3.55. The number of hydrogen-bond donors (Lipinski definition) is 1. The van der Waals surface area contributed by atoms with E-state index in [9.17, 15) is 4.39 Å². The number of rotatable bonds is 5. The number of hydrogen-bond acceptors (Lipinski definition) is 2. The van der Waals surface area contributed by atoms with Gasteiger partial charge in [-0.1, -0.05) is 27.5 Å². The Morgan fingerprint density at radius 3 is 2.62 bits per heavy atom. The van der Waals surface area contributed by atoms with E-state index in [4.69, 9.17) is 16.3 Å². The summed E-state index contributed by atoms with van der Waals surface area (Å²) in [7, 11) is 0. The maximum atomic E-state index is 13.3. The van der Waals surface area contributed by atoms with Gasteiger partial charge in [-0.25, -0.2) is 4.39 Å². The third kappa shape index (κ3) is 4.59. The van der Waals surface area contributed by atoms with Crippen LogP contribution in [0, 0.1) is 5.82 Å². The summed E-state index contributed by atoms with van der Waals surface area (Å²) in [5, 5.41) is 3.51. The SMILES string of the molecule is CCOc1c(Br)cc(Br)cc1CNc1cc(F)cc(Cl)c1. The van der Waals surface area contributed by atoms with Crippen molar-refractivity contribution in [1.29, 1.82) is 0 Å². The summed E-state index contributed by atoms with van der Waals surface area (Å²) >= 11 is 12.8. The van der Waals surface area contributed by atoms with Crippen LogP contribution in [0.1, 0.15) is 12.5 Å². The average molecular weight is 438 g/mol. The van der Waals surface area contributed by atoms with Crippen LogP contribution in [0.4, 0.5) is 10.1 Å². The molecular formula is C15H13Br2ClFNO. The first kappa shape index (κ1) is 16.6. The van der Waals surface area contributed by atoms with Crippen molar-refractivity contribution in [2.24, 2.45) is 0 Å². The molecule has 6 heteroatoms. The van der Waals surface area contributed by atoms with Crippen LogP contribution in [0.15, 0.2) is 39.3 Å². The summed E-state index contributed by atoms with van der Waals surface area (Å²) in [4.78, 5) is 0. The van der Waals surface area contributed by atoms with Gasteiger partial charge in [0.2, 0.25) is 0 Å². The fourth-order valence-electron chi connectivity index (χ4n) is 1.90. The van der Waals surface area contributed by atoms with Gasteiger partial charge < -0.3 is 10.1 Å². The van der Waals surface area contributed by atoms with E-state index < -0.39 is 0 Å². The van der Waals surface area contributed by atoms with E-state index in [0.29, 0.717) is 23.9 Å². The Morgan fingerprint density at radius 2 is 1.95 bits per heavy atom. The molecule has 0 unspecified atom stereocenters. The molecule has 2 rings (SSSR count). The molecule has 112 valence electrons. The lowest BCUT2D eigenvalue weighted by Crippen LogP contribution is -2.04. The number of nitrogens with one attached hydrogen (secondary N) is 1. The lowest BCUT2D eigenvalue weighted by Gasteiger charge is -2.14. The molecule has 2 aromatic rings. The molecule has 0 amide bonds. The maximum absolute atomic E-state index is 13.3. The highest BCUT2D eigenvalue weighted by Gasteiger charge is 2.10. The van der Waals surface area contributed by atoms with Crippen LogP contribution in [0.2, 0.25) is 5.02 Å². The van der Waals surface area contributed by atoms with E-state index in [0.717, 1.165) is 20.3 Å². The summed E-state index contributed by atoms with van der Waals surface area (Å²) in [6.07, 6.45) is 0. The number of benzene rings is 2. The van der Waals surface area contributed by atoms with Crippen LogP contribution in [0.25, 0.3) is 0 Å². The van der Waals surface area contributed by atoms with Gasteiger partial charge in [-0.3, -0.25) is 0 Å². The number of anilines is 1. The minimum absolute atomic E-state index is 0.359. The second-order valence-corrected chi connectivity index (χ2v) is 6.53. The Labute approximate surface area is 144 Å². The van der Waals surface area contributed by atoms with Gasteiger partial charge in [-0.2, -0.15) is 0 Å². The van der Waals surface area contributed by atoms with Crippen molar-refractivity contribution in [1.82, 2.24) is 0 Å². The highest BCUT2D eigenvalue weighted by atomic mass is 79.9. The number of halogens is 4. The van der Waals surface area contributed by atoms with Gasteiger partial charge in [0, 0.05) is 27.3 Å². The standard InChI is InChI=1S/C15H13Br2ClFNO/c1-2-21-15-9(3-10(16)4-14(15)17)8-20-13-6-11(18)5-12(19)7-13/h3-7,20H,2,8H2,1H3. The van der Waals surface area contributed by atoms with Gasteiger partial charge in [0.25, 0.3) is 0 Å². The zero-order valence-corrected chi connectivity index (χ0v) is 15.1. The molecule has 0 saturated carbocycles. The Balaban J connectivity index is 2.22. The van der Waals surface area contributed by atoms with Crippen molar-refractivity contribution in [2.75, 3.05) is 11.9 Å². The molecule has 0 aromatic heterocycles. The van der Waals surface area contributed by atoms with Crippen LogP contribution in [0.3, 0.4) is 0 Å². The molecule has 2 aromatic carbocycles.